The molecular weight excluding hydrogens is 356 g/mol. The van der Waals surface area contributed by atoms with Gasteiger partial charge in [-0.1, -0.05) is 66.7 Å². The predicted octanol–water partition coefficient (Wildman–Crippen LogP) is 6.99. The topological polar surface area (TPSA) is 38.9 Å². The molecule has 7 rings (SSSR count). The zero-order valence-electron chi connectivity index (χ0n) is 15.4. The van der Waals surface area contributed by atoms with Gasteiger partial charge in [0.05, 0.1) is 16.6 Å². The second-order valence-corrected chi connectivity index (χ2v) is 7.42. The molecule has 0 N–H and O–H groups in total. The number of hydrogen-bond acceptors (Lipinski definition) is 3. The minimum Gasteiger partial charge on any atom is -0.454 e. The fraction of sp³-hybridized carbons (Fsp3) is 0. The van der Waals surface area contributed by atoms with E-state index in [4.69, 9.17) is 14.4 Å². The molecule has 0 atom stereocenters. The molecule has 0 fully saturated rings. The van der Waals surface area contributed by atoms with Crippen LogP contribution in [0.1, 0.15) is 0 Å². The molecule has 29 heavy (non-hydrogen) atoms. The van der Waals surface area contributed by atoms with E-state index in [1.54, 1.807) is 0 Å². The van der Waals surface area contributed by atoms with Crippen LogP contribution in [-0.4, -0.2) is 9.97 Å². The van der Waals surface area contributed by atoms with Crippen LogP contribution in [0.5, 0.6) is 0 Å². The summed E-state index contributed by atoms with van der Waals surface area (Å²) in [6.45, 7) is 0. The van der Waals surface area contributed by atoms with Gasteiger partial charge in [-0.25, -0.2) is 9.97 Å². The first kappa shape index (κ1) is 15.0. The number of furan rings is 1. The molecule has 0 bridgehead atoms. The summed E-state index contributed by atoms with van der Waals surface area (Å²) in [7, 11) is 0. The van der Waals surface area contributed by atoms with E-state index in [0.717, 1.165) is 54.8 Å². The van der Waals surface area contributed by atoms with E-state index in [9.17, 15) is 0 Å². The van der Waals surface area contributed by atoms with Crippen molar-refractivity contribution in [2.45, 2.75) is 0 Å². The summed E-state index contributed by atoms with van der Waals surface area (Å²) in [4.78, 5) is 10.2. The molecule has 0 unspecified atom stereocenters. The summed E-state index contributed by atoms with van der Waals surface area (Å²) in [6, 6.07) is 29.1. The molecule has 134 valence electrons. The monoisotopic (exact) mass is 370 g/mol. The number of fused-ring (bicyclic) bond motifs is 11. The highest BCUT2D eigenvalue weighted by Crippen LogP contribution is 2.37. The smallest absolute Gasteiger partial charge is 0.163 e. The third-order valence-electron chi connectivity index (χ3n) is 5.83. The van der Waals surface area contributed by atoms with Crippen molar-refractivity contribution in [1.29, 1.82) is 0 Å². The normalized spacial score (nSPS) is 12.1. The first-order valence-electron chi connectivity index (χ1n) is 9.70. The van der Waals surface area contributed by atoms with E-state index in [1.807, 2.05) is 18.2 Å². The van der Waals surface area contributed by atoms with E-state index >= 15 is 0 Å². The third kappa shape index (κ3) is 1.91. The Morgan fingerprint density at radius 3 is 1.76 bits per heavy atom. The summed E-state index contributed by atoms with van der Waals surface area (Å²) in [5.74, 6) is 0. The zero-order chi connectivity index (χ0) is 18.9. The molecule has 3 nitrogen and oxygen atoms in total. The van der Waals surface area contributed by atoms with Crippen LogP contribution < -0.4 is 0 Å². The van der Waals surface area contributed by atoms with Gasteiger partial charge in [-0.15, -0.1) is 0 Å². The lowest BCUT2D eigenvalue weighted by Crippen LogP contribution is -1.91. The van der Waals surface area contributed by atoms with Crippen LogP contribution in [0.4, 0.5) is 0 Å². The molecule has 2 aromatic heterocycles. The summed E-state index contributed by atoms with van der Waals surface area (Å²) in [5.41, 5.74) is 5.19. The Labute approximate surface area is 165 Å². The molecule has 0 saturated heterocycles. The molecule has 0 saturated carbocycles. The van der Waals surface area contributed by atoms with Gasteiger partial charge >= 0.3 is 0 Å². The number of aromatic nitrogens is 2. The SMILES string of the molecule is c1ccc2c(c1)oc1c2ccc2nc3c4ccccc4c4ccccc4c3nc21. The highest BCUT2D eigenvalue weighted by atomic mass is 16.3. The van der Waals surface area contributed by atoms with Crippen molar-refractivity contribution < 1.29 is 4.42 Å². The largest absolute Gasteiger partial charge is 0.454 e. The zero-order valence-corrected chi connectivity index (χ0v) is 15.4. The molecule has 5 aromatic carbocycles. The van der Waals surface area contributed by atoms with E-state index in [-0.39, 0.29) is 0 Å². The molecule has 3 heteroatoms. The Bertz CT molecular complexity index is 1760. The molecule has 7 aromatic rings. The lowest BCUT2D eigenvalue weighted by Gasteiger charge is -2.10. The quantitative estimate of drug-likeness (QED) is 0.213. The first-order valence-corrected chi connectivity index (χ1v) is 9.70. The van der Waals surface area contributed by atoms with Gasteiger partial charge in [0.15, 0.2) is 5.58 Å². The van der Waals surface area contributed by atoms with Crippen molar-refractivity contribution in [2.75, 3.05) is 0 Å². The van der Waals surface area contributed by atoms with E-state index in [2.05, 4.69) is 66.7 Å². The average molecular weight is 370 g/mol. The molecule has 0 spiro atoms. The molecule has 0 aliphatic heterocycles. The molecule has 2 heterocycles. The Kier molecular flexibility index (Phi) is 2.74. The molecule has 0 radical (unpaired) electrons. The van der Waals surface area contributed by atoms with Gasteiger partial charge in [0.1, 0.15) is 11.1 Å². The number of nitrogens with zero attached hydrogens (tertiary/aromatic N) is 2. The van der Waals surface area contributed by atoms with Gasteiger partial charge in [-0.3, -0.25) is 0 Å². The van der Waals surface area contributed by atoms with Crippen LogP contribution in [0.3, 0.4) is 0 Å². The maximum absolute atomic E-state index is 6.21. The fourth-order valence-electron chi connectivity index (χ4n) is 4.53. The van der Waals surface area contributed by atoms with Crippen LogP contribution in [0.15, 0.2) is 89.3 Å². The Morgan fingerprint density at radius 2 is 1.03 bits per heavy atom. The highest BCUT2D eigenvalue weighted by Gasteiger charge is 2.16. The second-order valence-electron chi connectivity index (χ2n) is 7.42. The van der Waals surface area contributed by atoms with Gasteiger partial charge in [0, 0.05) is 21.5 Å². The maximum Gasteiger partial charge on any atom is 0.163 e. The number of benzene rings is 5. The van der Waals surface area contributed by atoms with Crippen molar-refractivity contribution in [3.8, 4) is 0 Å². The fourth-order valence-corrected chi connectivity index (χ4v) is 4.53. The van der Waals surface area contributed by atoms with Crippen molar-refractivity contribution in [1.82, 2.24) is 9.97 Å². The molecule has 0 amide bonds. The van der Waals surface area contributed by atoms with Crippen molar-refractivity contribution in [3.05, 3.63) is 84.9 Å². The van der Waals surface area contributed by atoms with Crippen LogP contribution in [0.25, 0.3) is 65.6 Å². The summed E-state index contributed by atoms with van der Waals surface area (Å²) < 4.78 is 6.21. The highest BCUT2D eigenvalue weighted by molar-refractivity contribution is 6.24. The van der Waals surface area contributed by atoms with Crippen LogP contribution in [-0.2, 0) is 0 Å². The molecule has 0 aliphatic rings. The Balaban J connectivity index is 1.77. The van der Waals surface area contributed by atoms with Crippen LogP contribution in [0, 0.1) is 0 Å². The average Bonchev–Trinajstić information content (AvgIpc) is 3.17. The lowest BCUT2D eigenvalue weighted by molar-refractivity contribution is 0.671. The van der Waals surface area contributed by atoms with Gasteiger partial charge in [0.2, 0.25) is 0 Å². The summed E-state index contributed by atoms with van der Waals surface area (Å²) >= 11 is 0. The second kappa shape index (κ2) is 5.30. The Morgan fingerprint density at radius 1 is 0.448 bits per heavy atom. The van der Waals surface area contributed by atoms with Gasteiger partial charge in [-0.2, -0.15) is 0 Å². The van der Waals surface area contributed by atoms with Crippen molar-refractivity contribution >= 4 is 65.6 Å². The lowest BCUT2D eigenvalue weighted by atomic mass is 9.99. The van der Waals surface area contributed by atoms with E-state index in [0.29, 0.717) is 0 Å². The first-order chi connectivity index (χ1) is 14.4. The standard InChI is InChI=1S/C26H14N2O/c1-3-10-18-15(7-1)16-8-2-4-11-19(16)24-23(18)27-21-14-13-20-17-9-5-6-12-22(17)29-26(20)25(21)28-24/h1-14H. The van der Waals surface area contributed by atoms with E-state index in [1.165, 1.54) is 10.8 Å². The van der Waals surface area contributed by atoms with E-state index < -0.39 is 0 Å². The minimum absolute atomic E-state index is 0.801. The Hall–Kier alpha value is -3.98. The number of para-hydroxylation sites is 1. The minimum atomic E-state index is 0.801. The van der Waals surface area contributed by atoms with Gasteiger partial charge in [0.25, 0.3) is 0 Å². The summed E-state index contributed by atoms with van der Waals surface area (Å²) in [6.07, 6.45) is 0. The summed E-state index contributed by atoms with van der Waals surface area (Å²) in [5, 5.41) is 6.82. The number of hydrogen-bond donors (Lipinski definition) is 0. The maximum atomic E-state index is 6.21. The van der Waals surface area contributed by atoms with Gasteiger partial charge in [-0.05, 0) is 29.0 Å². The predicted molar refractivity (Wildman–Crippen MR) is 119 cm³/mol. The number of rotatable bonds is 0. The van der Waals surface area contributed by atoms with Crippen LogP contribution >= 0.6 is 0 Å². The third-order valence-corrected chi connectivity index (χ3v) is 5.83. The molecule has 0 aliphatic carbocycles. The van der Waals surface area contributed by atoms with Crippen molar-refractivity contribution in [3.63, 3.8) is 0 Å². The van der Waals surface area contributed by atoms with Gasteiger partial charge < -0.3 is 4.42 Å². The van der Waals surface area contributed by atoms with Crippen molar-refractivity contribution in [2.24, 2.45) is 0 Å². The van der Waals surface area contributed by atoms with Crippen LogP contribution in [0.2, 0.25) is 0 Å². The molecular formula is C26H14N2O.